The van der Waals surface area contributed by atoms with Crippen molar-refractivity contribution in [2.24, 2.45) is 0 Å². The van der Waals surface area contributed by atoms with E-state index in [9.17, 15) is 24.0 Å². The Morgan fingerprint density at radius 2 is 1.05 bits per heavy atom. The molecule has 0 aromatic heterocycles. The fourth-order valence-electron chi connectivity index (χ4n) is 4.22. The first-order valence-electron chi connectivity index (χ1n) is 15.4. The predicted molar refractivity (Wildman–Crippen MR) is 169 cm³/mol. The van der Waals surface area contributed by atoms with Crippen LogP contribution in [0.15, 0.2) is 0 Å². The molecule has 0 aromatic carbocycles. The Hall–Kier alpha value is -1.72. The fraction of sp³-hybridized carbons (Fsp3) is 0.833. The smallest absolute Gasteiger partial charge is 0.243 e. The van der Waals surface area contributed by atoms with E-state index in [4.69, 9.17) is 0 Å². The second-order valence-corrected chi connectivity index (χ2v) is 11.6. The van der Waals surface area contributed by atoms with Crippen molar-refractivity contribution in [1.82, 2.24) is 21.3 Å². The van der Waals surface area contributed by atoms with Gasteiger partial charge >= 0.3 is 0 Å². The van der Waals surface area contributed by atoms with Gasteiger partial charge in [-0.05, 0) is 75.6 Å². The van der Waals surface area contributed by atoms with E-state index in [0.717, 1.165) is 62.2 Å². The maximum Gasteiger partial charge on any atom is 0.243 e. The number of rotatable bonds is 26. The van der Waals surface area contributed by atoms with E-state index in [2.05, 4.69) is 57.7 Å². The van der Waals surface area contributed by atoms with Gasteiger partial charge in [-0.25, -0.2) is 0 Å². The summed E-state index contributed by atoms with van der Waals surface area (Å²) in [5, 5.41) is 11.5. The van der Waals surface area contributed by atoms with Gasteiger partial charge in [-0.15, -0.1) is 0 Å². The normalized spacial score (nSPS) is 12.3. The molecule has 2 atom stereocenters. The molecule has 2 unspecified atom stereocenters. The van der Waals surface area contributed by atoms with E-state index in [0.29, 0.717) is 64.5 Å². The molecule has 0 aliphatic rings. The van der Waals surface area contributed by atoms with Crippen LogP contribution in [-0.4, -0.2) is 59.0 Å². The first kappa shape index (κ1) is 38.3. The van der Waals surface area contributed by atoms with Crippen LogP contribution in [0.25, 0.3) is 0 Å². The molecule has 0 rings (SSSR count). The number of halogens is 1. The third-order valence-electron chi connectivity index (χ3n) is 6.74. The highest BCUT2D eigenvalue weighted by Gasteiger charge is 2.24. The van der Waals surface area contributed by atoms with Gasteiger partial charge in [0.1, 0.15) is 6.04 Å². The number of amides is 4. The molecule has 40 heavy (non-hydrogen) atoms. The van der Waals surface area contributed by atoms with E-state index in [1.54, 1.807) is 0 Å². The molecule has 10 heteroatoms. The largest absolute Gasteiger partial charge is 0.356 e. The van der Waals surface area contributed by atoms with Crippen molar-refractivity contribution in [2.45, 2.75) is 142 Å². The Bertz CT molecular complexity index is 735. The van der Waals surface area contributed by atoms with Crippen LogP contribution in [0.4, 0.5) is 0 Å². The molecule has 0 bridgehead atoms. The lowest BCUT2D eigenvalue weighted by Crippen LogP contribution is -2.51. The second-order valence-electron chi connectivity index (χ2n) is 10.5. The highest BCUT2D eigenvalue weighted by Crippen LogP contribution is 2.08. The van der Waals surface area contributed by atoms with Gasteiger partial charge < -0.3 is 21.3 Å². The molecule has 0 aliphatic carbocycles. The van der Waals surface area contributed by atoms with Crippen LogP contribution >= 0.6 is 22.6 Å². The van der Waals surface area contributed by atoms with Crippen LogP contribution in [0.5, 0.6) is 0 Å². The average Bonchev–Trinajstić information content (AvgIpc) is 2.91. The minimum Gasteiger partial charge on any atom is -0.356 e. The number of Topliss-reactive ketones (excluding diaryl/α,β-unsaturated/α-hetero) is 1. The average molecular weight is 679 g/mol. The maximum atomic E-state index is 13.1. The van der Waals surface area contributed by atoms with E-state index in [1.807, 2.05) is 0 Å². The molecule has 0 aromatic rings. The number of nitrogens with one attached hydrogen (secondary N) is 4. The minimum absolute atomic E-state index is 0.0482. The van der Waals surface area contributed by atoms with Crippen LogP contribution in [-0.2, 0) is 24.0 Å². The molecular weight excluding hydrogens is 623 g/mol. The highest BCUT2D eigenvalue weighted by atomic mass is 127. The van der Waals surface area contributed by atoms with Crippen molar-refractivity contribution in [3.8, 4) is 0 Å². The summed E-state index contributed by atoms with van der Waals surface area (Å²) in [5.74, 6) is -0.542. The van der Waals surface area contributed by atoms with E-state index in [1.165, 1.54) is 6.92 Å². The molecule has 9 nitrogen and oxygen atoms in total. The molecule has 0 saturated carbocycles. The van der Waals surface area contributed by atoms with Crippen LogP contribution in [0.1, 0.15) is 130 Å². The Balaban J connectivity index is 4.73. The minimum atomic E-state index is -0.724. The van der Waals surface area contributed by atoms with Crippen LogP contribution < -0.4 is 21.3 Å². The Kier molecular flexibility index (Phi) is 25.1. The molecule has 0 saturated heterocycles. The van der Waals surface area contributed by atoms with Crippen molar-refractivity contribution in [1.29, 1.82) is 0 Å². The van der Waals surface area contributed by atoms with Crippen LogP contribution in [0.2, 0.25) is 0 Å². The number of alkyl halides is 1. The predicted octanol–water partition coefficient (Wildman–Crippen LogP) is 4.88. The zero-order chi connectivity index (χ0) is 30.0. The maximum absolute atomic E-state index is 13.1. The summed E-state index contributed by atoms with van der Waals surface area (Å²) >= 11 is 2.30. The van der Waals surface area contributed by atoms with Gasteiger partial charge in [0.25, 0.3) is 0 Å². The first-order chi connectivity index (χ1) is 19.2. The topological polar surface area (TPSA) is 133 Å². The summed E-state index contributed by atoms with van der Waals surface area (Å²) in [5.41, 5.74) is 0. The van der Waals surface area contributed by atoms with E-state index in [-0.39, 0.29) is 29.4 Å². The molecular formula is C30H55IN4O5. The molecule has 0 radical (unpaired) electrons. The quantitative estimate of drug-likeness (QED) is 0.0588. The third-order valence-corrected chi connectivity index (χ3v) is 7.51. The van der Waals surface area contributed by atoms with E-state index >= 15 is 0 Å². The van der Waals surface area contributed by atoms with Crippen molar-refractivity contribution in [3.05, 3.63) is 0 Å². The highest BCUT2D eigenvalue weighted by molar-refractivity contribution is 14.1. The van der Waals surface area contributed by atoms with E-state index < -0.39 is 12.1 Å². The van der Waals surface area contributed by atoms with Crippen molar-refractivity contribution in [2.75, 3.05) is 17.5 Å². The van der Waals surface area contributed by atoms with Crippen LogP contribution in [0.3, 0.4) is 0 Å². The number of ketones is 1. The number of carbonyl (C=O) groups excluding carboxylic acids is 5. The Morgan fingerprint density at radius 1 is 0.575 bits per heavy atom. The number of hydrogen-bond donors (Lipinski definition) is 4. The third kappa shape index (κ3) is 22.0. The summed E-state index contributed by atoms with van der Waals surface area (Å²) < 4.78 is 1.05. The van der Waals surface area contributed by atoms with Gasteiger partial charge in [0, 0.05) is 32.4 Å². The SMILES string of the molecule is CCCCCC(=O)NCCCCC(NC(=O)CCCCC)C(=O)NC(CCCCNC(=O)CCCCI)C(C)=O. The summed E-state index contributed by atoms with van der Waals surface area (Å²) in [7, 11) is 0. The van der Waals surface area contributed by atoms with Gasteiger partial charge in [-0.2, -0.15) is 0 Å². The lowest BCUT2D eigenvalue weighted by Gasteiger charge is -2.22. The van der Waals surface area contributed by atoms with Gasteiger partial charge in [0.2, 0.25) is 23.6 Å². The van der Waals surface area contributed by atoms with Crippen molar-refractivity contribution >= 4 is 52.0 Å². The zero-order valence-electron chi connectivity index (χ0n) is 25.2. The summed E-state index contributed by atoms with van der Waals surface area (Å²) in [6, 6.07) is -1.35. The van der Waals surface area contributed by atoms with Crippen molar-refractivity contribution < 1.29 is 24.0 Å². The summed E-state index contributed by atoms with van der Waals surface area (Å²) in [6.07, 6.45) is 12.8. The van der Waals surface area contributed by atoms with Gasteiger partial charge in [-0.1, -0.05) is 62.1 Å². The molecule has 0 aliphatic heterocycles. The number of unbranched alkanes of at least 4 members (excludes halogenated alkanes) is 7. The fourth-order valence-corrected chi connectivity index (χ4v) is 4.75. The lowest BCUT2D eigenvalue weighted by molar-refractivity contribution is -0.131. The number of carbonyl (C=O) groups is 5. The standard InChI is InChI=1S/C30H55IN4O5/c1-4-6-8-18-27(37)32-23-15-12-17-26(34-29(39)20-9-7-5-2)30(40)35-25(24(3)36)16-11-14-22-33-28(38)19-10-13-21-31/h25-26H,4-23H2,1-3H3,(H,32,37)(H,33,38)(H,34,39)(H,35,40). The summed E-state index contributed by atoms with van der Waals surface area (Å²) in [4.78, 5) is 61.6. The molecule has 232 valence electrons. The van der Waals surface area contributed by atoms with Gasteiger partial charge in [0.15, 0.2) is 5.78 Å². The molecule has 4 amide bonds. The first-order valence-corrected chi connectivity index (χ1v) is 17.0. The molecule has 0 fully saturated rings. The second kappa shape index (κ2) is 26.2. The lowest BCUT2D eigenvalue weighted by atomic mass is 10.0. The van der Waals surface area contributed by atoms with Gasteiger partial charge in [-0.3, -0.25) is 24.0 Å². The molecule has 0 spiro atoms. The molecule has 0 heterocycles. The van der Waals surface area contributed by atoms with Crippen LogP contribution in [0, 0.1) is 0 Å². The number of hydrogen-bond acceptors (Lipinski definition) is 5. The van der Waals surface area contributed by atoms with Gasteiger partial charge in [0.05, 0.1) is 6.04 Å². The zero-order valence-corrected chi connectivity index (χ0v) is 27.4. The molecule has 4 N–H and O–H groups in total. The Morgan fingerprint density at radius 3 is 1.52 bits per heavy atom. The monoisotopic (exact) mass is 678 g/mol. The van der Waals surface area contributed by atoms with Crippen molar-refractivity contribution in [3.63, 3.8) is 0 Å². The summed E-state index contributed by atoms with van der Waals surface area (Å²) in [6.45, 7) is 6.71. The Labute approximate surface area is 256 Å².